The molecule has 0 aliphatic carbocycles. The van der Waals surface area contributed by atoms with Crippen LogP contribution in [-0.4, -0.2) is 23.9 Å². The summed E-state index contributed by atoms with van der Waals surface area (Å²) in [6.07, 6.45) is 1.06. The highest BCUT2D eigenvalue weighted by molar-refractivity contribution is 5.00. The van der Waals surface area contributed by atoms with E-state index in [9.17, 15) is 5.11 Å². The van der Waals surface area contributed by atoms with Gasteiger partial charge >= 0.3 is 0 Å². The van der Waals surface area contributed by atoms with Crippen molar-refractivity contribution in [1.82, 2.24) is 0 Å². The van der Waals surface area contributed by atoms with Crippen LogP contribution in [0.2, 0.25) is 0 Å². The number of hydrogen-bond acceptors (Lipinski definition) is 3. The molecule has 1 rings (SSSR count). The molecule has 3 heteroatoms. The molecular formula is C9H15NO2. The molecule has 1 N–H and O–H groups in total. The zero-order valence-electron chi connectivity index (χ0n) is 7.58. The van der Waals surface area contributed by atoms with Crippen molar-refractivity contribution >= 4 is 0 Å². The van der Waals surface area contributed by atoms with Crippen LogP contribution in [0.5, 0.6) is 0 Å². The Morgan fingerprint density at radius 2 is 2.33 bits per heavy atom. The first-order chi connectivity index (χ1) is 5.58. The molecule has 2 unspecified atom stereocenters. The Kier molecular flexibility index (Phi) is 2.71. The van der Waals surface area contributed by atoms with Crippen molar-refractivity contribution in [2.75, 3.05) is 6.61 Å². The van der Waals surface area contributed by atoms with E-state index in [1.807, 2.05) is 0 Å². The van der Waals surface area contributed by atoms with Gasteiger partial charge < -0.3 is 9.84 Å². The average molecular weight is 169 g/mol. The molecule has 1 fully saturated rings. The van der Waals surface area contributed by atoms with Crippen LogP contribution in [0.4, 0.5) is 0 Å². The van der Waals surface area contributed by atoms with E-state index in [2.05, 4.69) is 6.07 Å². The summed E-state index contributed by atoms with van der Waals surface area (Å²) in [5.74, 6) is 0. The van der Waals surface area contributed by atoms with E-state index < -0.39 is 11.5 Å². The van der Waals surface area contributed by atoms with Gasteiger partial charge in [-0.2, -0.15) is 5.26 Å². The molecule has 3 nitrogen and oxygen atoms in total. The smallest absolute Gasteiger partial charge is 0.0982 e. The van der Waals surface area contributed by atoms with Crippen LogP contribution in [0.15, 0.2) is 0 Å². The van der Waals surface area contributed by atoms with E-state index in [1.54, 1.807) is 13.8 Å². The quantitative estimate of drug-likeness (QED) is 0.672. The number of ether oxygens (including phenoxy) is 1. The van der Waals surface area contributed by atoms with Crippen molar-refractivity contribution < 1.29 is 9.84 Å². The van der Waals surface area contributed by atoms with E-state index in [4.69, 9.17) is 10.00 Å². The number of rotatable bonds is 2. The number of aliphatic hydroxyl groups excluding tert-OH is 1. The molecule has 1 heterocycles. The fourth-order valence-electron chi connectivity index (χ4n) is 1.38. The van der Waals surface area contributed by atoms with Crippen molar-refractivity contribution in [1.29, 1.82) is 5.26 Å². The van der Waals surface area contributed by atoms with Crippen molar-refractivity contribution in [3.05, 3.63) is 0 Å². The second kappa shape index (κ2) is 3.42. The first-order valence-electron chi connectivity index (χ1n) is 4.29. The van der Waals surface area contributed by atoms with E-state index in [1.165, 1.54) is 0 Å². The highest BCUT2D eigenvalue weighted by Crippen LogP contribution is 2.28. The van der Waals surface area contributed by atoms with E-state index in [-0.39, 0.29) is 6.10 Å². The van der Waals surface area contributed by atoms with Crippen molar-refractivity contribution in [2.24, 2.45) is 5.41 Å². The van der Waals surface area contributed by atoms with Gasteiger partial charge in [-0.1, -0.05) is 0 Å². The summed E-state index contributed by atoms with van der Waals surface area (Å²) in [5, 5.41) is 18.5. The summed E-state index contributed by atoms with van der Waals surface area (Å²) in [4.78, 5) is 0. The second-order valence-corrected chi connectivity index (χ2v) is 3.83. The largest absolute Gasteiger partial charge is 0.389 e. The van der Waals surface area contributed by atoms with Gasteiger partial charge in [0.2, 0.25) is 0 Å². The van der Waals surface area contributed by atoms with Crippen molar-refractivity contribution in [3.63, 3.8) is 0 Å². The molecule has 0 aromatic rings. The average Bonchev–Trinajstić information content (AvgIpc) is 2.55. The van der Waals surface area contributed by atoms with Gasteiger partial charge in [-0.15, -0.1) is 0 Å². The second-order valence-electron chi connectivity index (χ2n) is 3.83. The van der Waals surface area contributed by atoms with Crippen molar-refractivity contribution in [3.8, 4) is 6.07 Å². The summed E-state index contributed by atoms with van der Waals surface area (Å²) >= 11 is 0. The Morgan fingerprint density at radius 3 is 2.75 bits per heavy atom. The molecule has 1 aliphatic heterocycles. The molecule has 0 saturated carbocycles. The van der Waals surface area contributed by atoms with Crippen LogP contribution in [0.25, 0.3) is 0 Å². The minimum atomic E-state index is -0.699. The molecule has 2 atom stereocenters. The highest BCUT2D eigenvalue weighted by atomic mass is 16.5. The summed E-state index contributed by atoms with van der Waals surface area (Å²) < 4.78 is 5.30. The van der Waals surface area contributed by atoms with Gasteiger partial charge in [0.1, 0.15) is 0 Å². The molecule has 0 amide bonds. The predicted molar refractivity (Wildman–Crippen MR) is 44.4 cm³/mol. The van der Waals surface area contributed by atoms with E-state index in [0.29, 0.717) is 6.61 Å². The normalized spacial score (nSPS) is 26.7. The predicted octanol–water partition coefficient (Wildman–Crippen LogP) is 1.08. The lowest BCUT2D eigenvalue weighted by atomic mass is 9.84. The molecule has 0 radical (unpaired) electrons. The standard InChI is InChI=1S/C9H15NO2/c1-9(2,6-10)8(11)7-4-3-5-12-7/h7-8,11H,3-5H2,1-2H3. The van der Waals surface area contributed by atoms with Gasteiger partial charge in [0.25, 0.3) is 0 Å². The van der Waals surface area contributed by atoms with Crippen LogP contribution in [0.1, 0.15) is 26.7 Å². The SMILES string of the molecule is CC(C)(C#N)C(O)C1CCCO1. The maximum absolute atomic E-state index is 9.73. The Balaban J connectivity index is 2.57. The monoisotopic (exact) mass is 169 g/mol. The fourth-order valence-corrected chi connectivity index (χ4v) is 1.38. The van der Waals surface area contributed by atoms with Gasteiger partial charge in [0.15, 0.2) is 0 Å². The summed E-state index contributed by atoms with van der Waals surface area (Å²) in [7, 11) is 0. The molecule has 1 saturated heterocycles. The Labute approximate surface area is 73.0 Å². The highest BCUT2D eigenvalue weighted by Gasteiger charge is 2.36. The van der Waals surface area contributed by atoms with Gasteiger partial charge in [0, 0.05) is 6.61 Å². The number of nitriles is 1. The molecule has 1 aliphatic rings. The fraction of sp³-hybridized carbons (Fsp3) is 0.889. The summed E-state index contributed by atoms with van der Waals surface area (Å²) in [5.41, 5.74) is -0.699. The molecule has 12 heavy (non-hydrogen) atoms. The third kappa shape index (κ3) is 1.77. The van der Waals surface area contributed by atoms with Crippen LogP contribution in [-0.2, 0) is 4.74 Å². The van der Waals surface area contributed by atoms with Gasteiger partial charge in [-0.25, -0.2) is 0 Å². The number of hydrogen-bond donors (Lipinski definition) is 1. The minimum absolute atomic E-state index is 0.139. The first kappa shape index (κ1) is 9.50. The molecule has 0 spiro atoms. The minimum Gasteiger partial charge on any atom is -0.389 e. The van der Waals surface area contributed by atoms with E-state index in [0.717, 1.165) is 12.8 Å². The zero-order valence-corrected chi connectivity index (χ0v) is 7.58. The number of nitrogens with zero attached hydrogens (tertiary/aromatic N) is 1. The van der Waals surface area contributed by atoms with Crippen LogP contribution in [0.3, 0.4) is 0 Å². The Hall–Kier alpha value is -0.590. The maximum atomic E-state index is 9.73. The third-order valence-corrected chi connectivity index (χ3v) is 2.34. The lowest BCUT2D eigenvalue weighted by molar-refractivity contribution is -0.0436. The molecule has 0 aromatic heterocycles. The Morgan fingerprint density at radius 1 is 1.67 bits per heavy atom. The van der Waals surface area contributed by atoms with Gasteiger partial charge in [0.05, 0.1) is 23.7 Å². The summed E-state index contributed by atoms with van der Waals surface area (Å²) in [6, 6.07) is 2.09. The molecule has 0 aromatic carbocycles. The zero-order chi connectivity index (χ0) is 9.19. The van der Waals surface area contributed by atoms with Crippen LogP contribution < -0.4 is 0 Å². The van der Waals surface area contributed by atoms with Crippen LogP contribution >= 0.6 is 0 Å². The van der Waals surface area contributed by atoms with E-state index >= 15 is 0 Å². The lowest BCUT2D eigenvalue weighted by Gasteiger charge is -2.27. The van der Waals surface area contributed by atoms with Gasteiger partial charge in [-0.05, 0) is 26.7 Å². The Bertz CT molecular complexity index is 189. The first-order valence-corrected chi connectivity index (χ1v) is 4.29. The lowest BCUT2D eigenvalue weighted by Crippen LogP contribution is -2.38. The maximum Gasteiger partial charge on any atom is 0.0982 e. The van der Waals surface area contributed by atoms with Crippen LogP contribution in [0, 0.1) is 16.7 Å². The molecule has 68 valence electrons. The summed E-state index contributed by atoms with van der Waals surface area (Å²) in [6.45, 7) is 4.18. The molecule has 0 bridgehead atoms. The number of aliphatic hydroxyl groups is 1. The van der Waals surface area contributed by atoms with Gasteiger partial charge in [-0.3, -0.25) is 0 Å². The third-order valence-electron chi connectivity index (χ3n) is 2.34. The topological polar surface area (TPSA) is 53.2 Å². The molecular weight excluding hydrogens is 154 g/mol. The van der Waals surface area contributed by atoms with Crippen molar-refractivity contribution in [2.45, 2.75) is 38.9 Å².